The molecule has 4 N–H and O–H groups in total. The van der Waals surface area contributed by atoms with Crippen molar-refractivity contribution in [2.24, 2.45) is 15.7 Å². The van der Waals surface area contributed by atoms with Crippen LogP contribution in [-0.2, 0) is 0 Å². The highest BCUT2D eigenvalue weighted by Crippen LogP contribution is 2.26. The number of benzene rings is 2. The van der Waals surface area contributed by atoms with Crippen LogP contribution in [0.1, 0.15) is 18.1 Å². The molecule has 2 aromatic carbocycles. The van der Waals surface area contributed by atoms with Gasteiger partial charge >= 0.3 is 0 Å². The molecule has 0 aliphatic heterocycles. The Morgan fingerprint density at radius 2 is 1.44 bits per heavy atom. The predicted octanol–water partition coefficient (Wildman–Crippen LogP) is 4.53. The summed E-state index contributed by atoms with van der Waals surface area (Å²) in [6.07, 6.45) is 3.85. The van der Waals surface area contributed by atoms with E-state index in [0.29, 0.717) is 5.70 Å². The molecule has 0 fully saturated rings. The van der Waals surface area contributed by atoms with Crippen LogP contribution in [0.5, 0.6) is 0 Å². The van der Waals surface area contributed by atoms with Crippen molar-refractivity contribution in [1.29, 1.82) is 0 Å². The Kier molecular flexibility index (Phi) is 4.52. The molecule has 3 rings (SSSR count). The summed E-state index contributed by atoms with van der Waals surface area (Å²) in [6, 6.07) is 13.8. The van der Waals surface area contributed by atoms with Gasteiger partial charge in [0.05, 0.1) is 22.8 Å². The number of nitrogens with two attached hydrogens (primary N) is 2. The molecule has 0 atom stereocenters. The normalized spacial score (nSPS) is 17.6. The highest BCUT2D eigenvalue weighted by atomic mass is 14.8. The number of hydrogen-bond acceptors (Lipinski definition) is 4. The molecule has 0 aromatic heterocycles. The van der Waals surface area contributed by atoms with Crippen molar-refractivity contribution in [3.05, 3.63) is 77.0 Å². The molecule has 0 spiro atoms. The quantitative estimate of drug-likeness (QED) is 0.627. The summed E-state index contributed by atoms with van der Waals surface area (Å²) < 4.78 is 0. The molecule has 126 valence electrons. The van der Waals surface area contributed by atoms with E-state index in [-0.39, 0.29) is 0 Å². The molecule has 0 saturated heterocycles. The third-order valence-electron chi connectivity index (χ3n) is 4.19. The highest BCUT2D eigenvalue weighted by Gasteiger charge is 2.14. The van der Waals surface area contributed by atoms with Crippen LogP contribution in [0.15, 0.2) is 75.9 Å². The zero-order chi connectivity index (χ0) is 18.0. The fraction of sp³-hybridized carbons (Fsp3) is 0.143. The molecule has 0 heterocycles. The molecular weight excluding hydrogens is 308 g/mol. The van der Waals surface area contributed by atoms with Crippen molar-refractivity contribution < 1.29 is 0 Å². The van der Waals surface area contributed by atoms with Crippen LogP contribution in [0.3, 0.4) is 0 Å². The lowest BCUT2D eigenvalue weighted by molar-refractivity contribution is 1.29. The lowest BCUT2D eigenvalue weighted by Gasteiger charge is -2.14. The third-order valence-corrected chi connectivity index (χ3v) is 4.19. The Hall–Kier alpha value is -3.14. The Morgan fingerprint density at radius 3 is 2.16 bits per heavy atom. The van der Waals surface area contributed by atoms with Gasteiger partial charge in [-0.05, 0) is 73.9 Å². The molecular formula is C21H22N4. The summed E-state index contributed by atoms with van der Waals surface area (Å²) in [5.74, 6) is 0. The fourth-order valence-electron chi connectivity index (χ4n) is 2.59. The summed E-state index contributed by atoms with van der Waals surface area (Å²) >= 11 is 0. The lowest BCUT2D eigenvalue weighted by atomic mass is 10.0. The van der Waals surface area contributed by atoms with Gasteiger partial charge in [-0.3, -0.25) is 0 Å². The first-order chi connectivity index (χ1) is 11.9. The molecule has 1 aliphatic carbocycles. The van der Waals surface area contributed by atoms with E-state index < -0.39 is 0 Å². The molecule has 25 heavy (non-hydrogen) atoms. The topological polar surface area (TPSA) is 76.8 Å². The number of allylic oxidation sites excluding steroid dienone is 3. The van der Waals surface area contributed by atoms with Gasteiger partial charge in [-0.1, -0.05) is 18.2 Å². The summed E-state index contributed by atoms with van der Waals surface area (Å²) in [5.41, 5.74) is 19.9. The SMILES string of the molecule is CC1=CC(=N/c2cc(C)c(N)cc2C)/C(=N/c2ccccc2)C=C1N. The van der Waals surface area contributed by atoms with Gasteiger partial charge in [-0.2, -0.15) is 0 Å². The molecule has 0 unspecified atom stereocenters. The minimum absolute atomic E-state index is 0.707. The molecule has 0 bridgehead atoms. The van der Waals surface area contributed by atoms with Crippen LogP contribution in [-0.4, -0.2) is 11.4 Å². The average molecular weight is 330 g/mol. The molecule has 0 radical (unpaired) electrons. The Morgan fingerprint density at radius 1 is 0.760 bits per heavy atom. The lowest BCUT2D eigenvalue weighted by Crippen LogP contribution is -2.18. The van der Waals surface area contributed by atoms with Crippen molar-refractivity contribution in [3.8, 4) is 0 Å². The number of rotatable bonds is 2. The van der Waals surface area contributed by atoms with Gasteiger partial charge in [0.1, 0.15) is 0 Å². The molecule has 0 saturated carbocycles. The van der Waals surface area contributed by atoms with E-state index in [4.69, 9.17) is 21.5 Å². The predicted molar refractivity (Wildman–Crippen MR) is 107 cm³/mol. The van der Waals surface area contributed by atoms with Gasteiger partial charge in [0.2, 0.25) is 0 Å². The second-order valence-corrected chi connectivity index (χ2v) is 6.25. The summed E-state index contributed by atoms with van der Waals surface area (Å²) in [4.78, 5) is 9.55. The Balaban J connectivity index is 2.11. The van der Waals surface area contributed by atoms with Crippen molar-refractivity contribution in [2.75, 3.05) is 5.73 Å². The maximum absolute atomic E-state index is 6.09. The average Bonchev–Trinajstić information content (AvgIpc) is 2.58. The van der Waals surface area contributed by atoms with Crippen molar-refractivity contribution in [2.45, 2.75) is 20.8 Å². The van der Waals surface area contributed by atoms with E-state index in [1.54, 1.807) is 0 Å². The second kappa shape index (κ2) is 6.77. The minimum Gasteiger partial charge on any atom is -0.399 e. The van der Waals surface area contributed by atoms with Gasteiger partial charge in [-0.15, -0.1) is 0 Å². The van der Waals surface area contributed by atoms with E-state index >= 15 is 0 Å². The second-order valence-electron chi connectivity index (χ2n) is 6.25. The monoisotopic (exact) mass is 330 g/mol. The number of nitrogen functional groups attached to an aromatic ring is 1. The van der Waals surface area contributed by atoms with Gasteiger partial charge < -0.3 is 11.5 Å². The first-order valence-electron chi connectivity index (χ1n) is 8.19. The Labute approximate surface area is 148 Å². The van der Waals surface area contributed by atoms with E-state index in [1.807, 2.05) is 75.4 Å². The standard InChI is InChI=1S/C21H22N4/c1-13-10-19(15(3)9-17(13)22)25-20-11-14(2)18(23)12-21(20)24-16-7-5-4-6-8-16/h4-12H,22-23H2,1-3H3/b24-21+,25-20-. The molecule has 4 heteroatoms. The number of hydrogen-bond donors (Lipinski definition) is 2. The van der Waals surface area contributed by atoms with E-state index in [0.717, 1.165) is 45.2 Å². The molecule has 2 aromatic rings. The van der Waals surface area contributed by atoms with Gasteiger partial charge in [-0.25, -0.2) is 9.98 Å². The molecule has 4 nitrogen and oxygen atoms in total. The van der Waals surface area contributed by atoms with Gasteiger partial charge in [0, 0.05) is 11.4 Å². The van der Waals surface area contributed by atoms with Crippen LogP contribution in [0, 0.1) is 13.8 Å². The maximum Gasteiger partial charge on any atom is 0.0914 e. The first-order valence-corrected chi connectivity index (χ1v) is 8.19. The third kappa shape index (κ3) is 3.69. The Bertz CT molecular complexity index is 932. The maximum atomic E-state index is 6.09. The van der Waals surface area contributed by atoms with Crippen molar-refractivity contribution in [3.63, 3.8) is 0 Å². The fourth-order valence-corrected chi connectivity index (χ4v) is 2.59. The summed E-state index contributed by atoms with van der Waals surface area (Å²) in [5, 5.41) is 0. The number of aliphatic imine (C=N–C) groups is 2. The van der Waals surface area contributed by atoms with Crippen LogP contribution in [0.2, 0.25) is 0 Å². The molecule has 1 aliphatic rings. The number of para-hydroxylation sites is 1. The van der Waals surface area contributed by atoms with E-state index in [2.05, 4.69) is 0 Å². The smallest absolute Gasteiger partial charge is 0.0914 e. The van der Waals surface area contributed by atoms with E-state index in [1.165, 1.54) is 0 Å². The highest BCUT2D eigenvalue weighted by molar-refractivity contribution is 6.52. The number of anilines is 1. The van der Waals surface area contributed by atoms with Gasteiger partial charge in [0.25, 0.3) is 0 Å². The van der Waals surface area contributed by atoms with Crippen LogP contribution in [0.25, 0.3) is 0 Å². The van der Waals surface area contributed by atoms with Crippen LogP contribution < -0.4 is 11.5 Å². The van der Waals surface area contributed by atoms with Crippen LogP contribution >= 0.6 is 0 Å². The van der Waals surface area contributed by atoms with E-state index in [9.17, 15) is 0 Å². The van der Waals surface area contributed by atoms with Crippen molar-refractivity contribution in [1.82, 2.24) is 0 Å². The number of nitrogens with zero attached hydrogens (tertiary/aromatic N) is 2. The van der Waals surface area contributed by atoms with Gasteiger partial charge in [0.15, 0.2) is 0 Å². The molecule has 0 amide bonds. The number of aryl methyl sites for hydroxylation is 2. The van der Waals surface area contributed by atoms with Crippen LogP contribution in [0.4, 0.5) is 17.1 Å². The largest absolute Gasteiger partial charge is 0.399 e. The minimum atomic E-state index is 0.707. The zero-order valence-corrected chi connectivity index (χ0v) is 14.7. The zero-order valence-electron chi connectivity index (χ0n) is 14.7. The van der Waals surface area contributed by atoms with Crippen molar-refractivity contribution >= 4 is 28.5 Å². The first kappa shape index (κ1) is 16.7. The summed E-state index contributed by atoms with van der Waals surface area (Å²) in [6.45, 7) is 5.96. The summed E-state index contributed by atoms with van der Waals surface area (Å²) in [7, 11) is 0.